The Kier molecular flexibility index (Phi) is 5.48. The maximum absolute atomic E-state index is 12.8. The van der Waals surface area contributed by atoms with Crippen LogP contribution in [0.4, 0.5) is 0 Å². The first-order chi connectivity index (χ1) is 11.3. The third-order valence-electron chi connectivity index (χ3n) is 6.11. The van der Waals surface area contributed by atoms with E-state index in [0.717, 1.165) is 31.2 Å². The van der Waals surface area contributed by atoms with E-state index in [9.17, 15) is 8.42 Å². The summed E-state index contributed by atoms with van der Waals surface area (Å²) in [7, 11) is -3.75. The molecule has 1 aliphatic carbocycles. The van der Waals surface area contributed by atoms with Crippen molar-refractivity contribution in [2.45, 2.75) is 90.6 Å². The first-order valence-corrected chi connectivity index (χ1v) is 10.7. The zero-order valence-electron chi connectivity index (χ0n) is 16.8. The van der Waals surface area contributed by atoms with E-state index in [1.807, 2.05) is 12.1 Å². The van der Waals surface area contributed by atoms with Gasteiger partial charge in [-0.2, -0.15) is 8.42 Å². The zero-order chi connectivity index (χ0) is 19.1. The van der Waals surface area contributed by atoms with Crippen LogP contribution >= 0.6 is 0 Å². The lowest BCUT2D eigenvalue weighted by Gasteiger charge is -2.45. The lowest BCUT2D eigenvalue weighted by atomic mass is 9.65. The molecule has 0 radical (unpaired) electrons. The predicted molar refractivity (Wildman–Crippen MR) is 103 cm³/mol. The standard InChI is InChI=1S/C21H34O3S/c1-8-20(4,5)16-9-11-17(12-10-16)25(22,23)24-18-15-19(2,3)13-14-21(18,6)7/h9-12,18H,8,13-15H2,1-7H3. The summed E-state index contributed by atoms with van der Waals surface area (Å²) < 4.78 is 31.4. The second-order valence-corrected chi connectivity index (χ2v) is 11.2. The second kappa shape index (κ2) is 6.70. The van der Waals surface area contributed by atoms with Gasteiger partial charge in [-0.25, -0.2) is 0 Å². The molecule has 1 fully saturated rings. The molecule has 1 saturated carbocycles. The minimum atomic E-state index is -3.75. The SMILES string of the molecule is CCC(C)(C)c1ccc(S(=O)(=O)OC2CC(C)(C)CCC2(C)C)cc1. The summed E-state index contributed by atoms with van der Waals surface area (Å²) in [6.45, 7) is 15.1. The van der Waals surface area contributed by atoms with Gasteiger partial charge in [-0.15, -0.1) is 0 Å². The van der Waals surface area contributed by atoms with Crippen molar-refractivity contribution < 1.29 is 12.6 Å². The van der Waals surface area contributed by atoms with E-state index in [2.05, 4.69) is 48.5 Å². The van der Waals surface area contributed by atoms with Crippen LogP contribution in [0.5, 0.6) is 0 Å². The van der Waals surface area contributed by atoms with Gasteiger partial charge in [0.1, 0.15) is 0 Å². The molecule has 1 atom stereocenters. The maximum Gasteiger partial charge on any atom is 0.297 e. The van der Waals surface area contributed by atoms with Crippen molar-refractivity contribution in [3.05, 3.63) is 29.8 Å². The van der Waals surface area contributed by atoms with Crippen LogP contribution in [-0.4, -0.2) is 14.5 Å². The first-order valence-electron chi connectivity index (χ1n) is 9.33. The molecule has 0 saturated heterocycles. The van der Waals surface area contributed by atoms with Gasteiger partial charge in [0, 0.05) is 0 Å². The molecule has 0 aromatic heterocycles. The van der Waals surface area contributed by atoms with E-state index in [-0.39, 0.29) is 27.2 Å². The van der Waals surface area contributed by atoms with Crippen LogP contribution < -0.4 is 0 Å². The Morgan fingerprint density at radius 1 is 1.08 bits per heavy atom. The molecule has 4 heteroatoms. The molecular weight excluding hydrogens is 332 g/mol. The van der Waals surface area contributed by atoms with Crippen LogP contribution in [0.1, 0.15) is 79.7 Å². The van der Waals surface area contributed by atoms with Gasteiger partial charge in [-0.1, -0.05) is 60.6 Å². The summed E-state index contributed by atoms with van der Waals surface area (Å²) in [6, 6.07) is 7.19. The first kappa shape index (κ1) is 20.4. The third-order valence-corrected chi connectivity index (χ3v) is 7.44. The fourth-order valence-electron chi connectivity index (χ4n) is 3.35. The van der Waals surface area contributed by atoms with E-state index in [1.54, 1.807) is 12.1 Å². The molecule has 0 N–H and O–H groups in total. The van der Waals surface area contributed by atoms with E-state index < -0.39 is 10.1 Å². The Morgan fingerprint density at radius 2 is 1.64 bits per heavy atom. The molecule has 25 heavy (non-hydrogen) atoms. The molecule has 2 rings (SSSR count). The molecule has 3 nitrogen and oxygen atoms in total. The van der Waals surface area contributed by atoms with Crippen LogP contribution in [0, 0.1) is 10.8 Å². The monoisotopic (exact) mass is 366 g/mol. The molecule has 0 aliphatic heterocycles. The molecule has 1 unspecified atom stereocenters. The molecule has 1 aromatic carbocycles. The highest BCUT2D eigenvalue weighted by Gasteiger charge is 2.43. The summed E-state index contributed by atoms with van der Waals surface area (Å²) in [5.74, 6) is 0. The average molecular weight is 367 g/mol. The average Bonchev–Trinajstić information content (AvgIpc) is 2.51. The normalized spacial score (nSPS) is 23.4. The van der Waals surface area contributed by atoms with Gasteiger partial charge in [-0.05, 0) is 59.6 Å². The molecule has 0 heterocycles. The number of benzene rings is 1. The Balaban J connectivity index is 2.24. The Morgan fingerprint density at radius 3 is 2.16 bits per heavy atom. The molecule has 0 amide bonds. The lowest BCUT2D eigenvalue weighted by molar-refractivity contribution is -0.0113. The molecular formula is C21H34O3S. The van der Waals surface area contributed by atoms with Crippen molar-refractivity contribution in [2.75, 3.05) is 0 Å². The summed E-state index contributed by atoms with van der Waals surface area (Å²) in [5, 5.41) is 0. The van der Waals surface area contributed by atoms with Crippen LogP contribution in [-0.2, 0) is 19.7 Å². The van der Waals surface area contributed by atoms with Crippen molar-refractivity contribution in [1.29, 1.82) is 0 Å². The van der Waals surface area contributed by atoms with Crippen molar-refractivity contribution in [3.63, 3.8) is 0 Å². The van der Waals surface area contributed by atoms with Gasteiger partial charge in [-0.3, -0.25) is 4.18 Å². The molecule has 0 bridgehead atoms. The smallest absolute Gasteiger partial charge is 0.262 e. The minimum Gasteiger partial charge on any atom is -0.262 e. The van der Waals surface area contributed by atoms with Crippen LogP contribution in [0.3, 0.4) is 0 Å². The second-order valence-electron chi connectivity index (χ2n) is 9.66. The highest BCUT2D eigenvalue weighted by molar-refractivity contribution is 7.86. The molecule has 0 spiro atoms. The Bertz CT molecular complexity index is 697. The third kappa shape index (κ3) is 4.65. The number of hydrogen-bond donors (Lipinski definition) is 0. The van der Waals surface area contributed by atoms with E-state index in [1.165, 1.54) is 0 Å². The van der Waals surface area contributed by atoms with Gasteiger partial charge < -0.3 is 0 Å². The Labute approximate surface area is 154 Å². The summed E-state index contributed by atoms with van der Waals surface area (Å²) in [5.41, 5.74) is 1.17. The lowest BCUT2D eigenvalue weighted by Crippen LogP contribution is -2.42. The van der Waals surface area contributed by atoms with Crippen molar-refractivity contribution in [2.24, 2.45) is 10.8 Å². The fraction of sp³-hybridized carbons (Fsp3) is 0.714. The topological polar surface area (TPSA) is 43.4 Å². The zero-order valence-corrected chi connectivity index (χ0v) is 17.7. The quantitative estimate of drug-likeness (QED) is 0.629. The van der Waals surface area contributed by atoms with Crippen LogP contribution in [0.25, 0.3) is 0 Å². The van der Waals surface area contributed by atoms with Gasteiger partial charge >= 0.3 is 0 Å². The minimum absolute atomic E-state index is 0.0402. The van der Waals surface area contributed by atoms with Gasteiger partial charge in [0.25, 0.3) is 10.1 Å². The molecule has 1 aromatic rings. The van der Waals surface area contributed by atoms with E-state index >= 15 is 0 Å². The number of rotatable bonds is 5. The fourth-order valence-corrected chi connectivity index (χ4v) is 4.57. The summed E-state index contributed by atoms with van der Waals surface area (Å²) in [4.78, 5) is 0.252. The van der Waals surface area contributed by atoms with Crippen molar-refractivity contribution >= 4 is 10.1 Å². The predicted octanol–water partition coefficient (Wildman–Crippen LogP) is 5.68. The molecule has 142 valence electrons. The largest absolute Gasteiger partial charge is 0.297 e. The van der Waals surface area contributed by atoms with Crippen molar-refractivity contribution in [3.8, 4) is 0 Å². The highest BCUT2D eigenvalue weighted by Crippen LogP contribution is 2.47. The van der Waals surface area contributed by atoms with Crippen LogP contribution in [0.2, 0.25) is 0 Å². The van der Waals surface area contributed by atoms with E-state index in [0.29, 0.717) is 0 Å². The Hall–Kier alpha value is -0.870. The summed E-state index contributed by atoms with van der Waals surface area (Å²) >= 11 is 0. The summed E-state index contributed by atoms with van der Waals surface area (Å²) in [6.07, 6.45) is 3.55. The van der Waals surface area contributed by atoms with Crippen LogP contribution in [0.15, 0.2) is 29.2 Å². The van der Waals surface area contributed by atoms with Crippen molar-refractivity contribution in [1.82, 2.24) is 0 Å². The van der Waals surface area contributed by atoms with Gasteiger partial charge in [0.15, 0.2) is 0 Å². The highest BCUT2D eigenvalue weighted by atomic mass is 32.2. The number of hydrogen-bond acceptors (Lipinski definition) is 3. The van der Waals surface area contributed by atoms with E-state index in [4.69, 9.17) is 4.18 Å². The van der Waals surface area contributed by atoms with Gasteiger partial charge in [0.05, 0.1) is 11.0 Å². The van der Waals surface area contributed by atoms with Gasteiger partial charge in [0.2, 0.25) is 0 Å². The molecule has 1 aliphatic rings. The maximum atomic E-state index is 12.8.